The fourth-order valence-electron chi connectivity index (χ4n) is 2.95. The zero-order valence-electron chi connectivity index (χ0n) is 12.7. The van der Waals surface area contributed by atoms with Crippen molar-refractivity contribution in [3.05, 3.63) is 36.0 Å². The van der Waals surface area contributed by atoms with Gasteiger partial charge in [-0.3, -0.25) is 9.78 Å². The van der Waals surface area contributed by atoms with Crippen LogP contribution in [0, 0.1) is 16.7 Å². The van der Waals surface area contributed by atoms with E-state index in [9.17, 15) is 10.1 Å². The summed E-state index contributed by atoms with van der Waals surface area (Å²) in [7, 11) is 0. The molecular formula is C17H18N4O2. The normalized spacial score (nSPS) is 16.7. The molecule has 0 saturated carbocycles. The van der Waals surface area contributed by atoms with Gasteiger partial charge in [0.2, 0.25) is 5.91 Å². The van der Waals surface area contributed by atoms with E-state index in [0.29, 0.717) is 43.9 Å². The molecule has 1 aliphatic heterocycles. The maximum Gasteiger partial charge on any atom is 0.225 e. The minimum Gasteiger partial charge on any atom is -0.382 e. The highest BCUT2D eigenvalue weighted by atomic mass is 16.5. The SMILES string of the molecule is N#Cc1cnc2ccccc2c1NCC1(C(N)=O)CCOCC1. The summed E-state index contributed by atoms with van der Waals surface area (Å²) in [5, 5.41) is 13.5. The summed E-state index contributed by atoms with van der Waals surface area (Å²) in [5.74, 6) is -0.329. The number of nitrogens with one attached hydrogen (secondary N) is 1. The molecule has 1 fully saturated rings. The summed E-state index contributed by atoms with van der Waals surface area (Å²) in [5.41, 5.74) is 6.95. The second kappa shape index (κ2) is 6.23. The first-order valence-corrected chi connectivity index (χ1v) is 7.56. The fourth-order valence-corrected chi connectivity index (χ4v) is 2.95. The second-order valence-corrected chi connectivity index (χ2v) is 5.79. The van der Waals surface area contributed by atoms with Crippen molar-refractivity contribution >= 4 is 22.5 Å². The molecule has 6 nitrogen and oxygen atoms in total. The van der Waals surface area contributed by atoms with Crippen LogP contribution in [0.5, 0.6) is 0 Å². The van der Waals surface area contributed by atoms with E-state index in [1.54, 1.807) is 6.20 Å². The number of primary amides is 1. The molecule has 118 valence electrons. The molecule has 3 rings (SSSR count). The van der Waals surface area contributed by atoms with Crippen LogP contribution in [0.2, 0.25) is 0 Å². The van der Waals surface area contributed by atoms with Gasteiger partial charge in [-0.2, -0.15) is 5.26 Å². The van der Waals surface area contributed by atoms with Crippen molar-refractivity contribution < 1.29 is 9.53 Å². The van der Waals surface area contributed by atoms with E-state index in [1.165, 1.54) is 0 Å². The topological polar surface area (TPSA) is 101 Å². The third kappa shape index (κ3) is 2.83. The summed E-state index contributed by atoms with van der Waals surface area (Å²) in [6.45, 7) is 1.42. The Morgan fingerprint density at radius 3 is 2.83 bits per heavy atom. The molecule has 3 N–H and O–H groups in total. The van der Waals surface area contributed by atoms with Gasteiger partial charge in [0, 0.05) is 31.3 Å². The van der Waals surface area contributed by atoms with Gasteiger partial charge in [0.1, 0.15) is 6.07 Å². The number of rotatable bonds is 4. The first-order valence-electron chi connectivity index (χ1n) is 7.56. The number of anilines is 1. The van der Waals surface area contributed by atoms with Gasteiger partial charge in [-0.05, 0) is 18.9 Å². The van der Waals surface area contributed by atoms with Crippen molar-refractivity contribution in [1.82, 2.24) is 4.98 Å². The highest BCUT2D eigenvalue weighted by Crippen LogP contribution is 2.32. The number of aromatic nitrogens is 1. The molecule has 2 heterocycles. The molecule has 6 heteroatoms. The Labute approximate surface area is 134 Å². The van der Waals surface area contributed by atoms with E-state index in [2.05, 4.69) is 16.4 Å². The molecule has 1 aromatic carbocycles. The summed E-state index contributed by atoms with van der Waals surface area (Å²) in [4.78, 5) is 16.3. The number of fused-ring (bicyclic) bond motifs is 1. The zero-order valence-corrected chi connectivity index (χ0v) is 12.7. The van der Waals surface area contributed by atoms with Gasteiger partial charge in [0.25, 0.3) is 0 Å². The van der Waals surface area contributed by atoms with Crippen molar-refractivity contribution in [2.45, 2.75) is 12.8 Å². The molecule has 1 aromatic heterocycles. The minimum atomic E-state index is -0.644. The van der Waals surface area contributed by atoms with E-state index in [0.717, 1.165) is 10.9 Å². The fraction of sp³-hybridized carbons (Fsp3) is 0.353. The summed E-state index contributed by atoms with van der Waals surface area (Å²) in [6.07, 6.45) is 2.71. The molecular weight excluding hydrogens is 292 g/mol. The average molecular weight is 310 g/mol. The van der Waals surface area contributed by atoms with Crippen LogP contribution < -0.4 is 11.1 Å². The highest BCUT2D eigenvalue weighted by molar-refractivity contribution is 5.94. The molecule has 0 atom stereocenters. The van der Waals surface area contributed by atoms with Crippen LogP contribution in [0.25, 0.3) is 10.9 Å². The van der Waals surface area contributed by atoms with Crippen LogP contribution in [0.15, 0.2) is 30.5 Å². The van der Waals surface area contributed by atoms with Crippen molar-refractivity contribution in [2.24, 2.45) is 11.1 Å². The first-order chi connectivity index (χ1) is 11.2. The largest absolute Gasteiger partial charge is 0.382 e. The number of carbonyl (C=O) groups excluding carboxylic acids is 1. The lowest BCUT2D eigenvalue weighted by molar-refractivity contribution is -0.132. The van der Waals surface area contributed by atoms with Crippen LogP contribution in [0.1, 0.15) is 18.4 Å². The van der Waals surface area contributed by atoms with Crippen LogP contribution >= 0.6 is 0 Å². The van der Waals surface area contributed by atoms with Crippen molar-refractivity contribution in [3.63, 3.8) is 0 Å². The van der Waals surface area contributed by atoms with Crippen LogP contribution in [-0.4, -0.2) is 30.6 Å². The van der Waals surface area contributed by atoms with Crippen LogP contribution in [-0.2, 0) is 9.53 Å². The second-order valence-electron chi connectivity index (χ2n) is 5.79. The molecule has 0 radical (unpaired) electrons. The highest BCUT2D eigenvalue weighted by Gasteiger charge is 2.38. The van der Waals surface area contributed by atoms with Gasteiger partial charge in [0.15, 0.2) is 0 Å². The minimum absolute atomic E-state index is 0.329. The van der Waals surface area contributed by atoms with E-state index < -0.39 is 5.41 Å². The number of benzene rings is 1. The molecule has 1 amide bonds. The maximum atomic E-state index is 12.0. The monoisotopic (exact) mass is 310 g/mol. The lowest BCUT2D eigenvalue weighted by Gasteiger charge is -2.34. The Kier molecular flexibility index (Phi) is 4.13. The van der Waals surface area contributed by atoms with Crippen LogP contribution in [0.3, 0.4) is 0 Å². The smallest absolute Gasteiger partial charge is 0.225 e. The molecule has 1 saturated heterocycles. The first kappa shape index (κ1) is 15.3. The summed E-state index contributed by atoms with van der Waals surface area (Å²) < 4.78 is 5.34. The lowest BCUT2D eigenvalue weighted by Crippen LogP contribution is -2.46. The number of para-hydroxylation sites is 1. The Morgan fingerprint density at radius 2 is 2.13 bits per heavy atom. The Bertz CT molecular complexity index is 776. The lowest BCUT2D eigenvalue weighted by atomic mass is 9.79. The van der Waals surface area contributed by atoms with E-state index in [1.807, 2.05) is 24.3 Å². The average Bonchev–Trinajstić information content (AvgIpc) is 2.60. The van der Waals surface area contributed by atoms with Crippen LogP contribution in [0.4, 0.5) is 5.69 Å². The third-order valence-electron chi connectivity index (χ3n) is 4.47. The van der Waals surface area contributed by atoms with Crippen molar-refractivity contribution in [3.8, 4) is 6.07 Å². The number of ether oxygens (including phenoxy) is 1. The number of nitrogens with two attached hydrogens (primary N) is 1. The quantitative estimate of drug-likeness (QED) is 0.896. The van der Waals surface area contributed by atoms with Gasteiger partial charge in [-0.25, -0.2) is 0 Å². The summed E-state index contributed by atoms with van der Waals surface area (Å²) >= 11 is 0. The Hall–Kier alpha value is -2.65. The number of nitrogens with zero attached hydrogens (tertiary/aromatic N) is 2. The number of amides is 1. The molecule has 1 aliphatic rings. The number of nitriles is 1. The van der Waals surface area contributed by atoms with Crippen molar-refractivity contribution in [2.75, 3.05) is 25.1 Å². The molecule has 2 aromatic rings. The Morgan fingerprint density at radius 1 is 1.39 bits per heavy atom. The van der Waals surface area contributed by atoms with Gasteiger partial charge in [-0.1, -0.05) is 18.2 Å². The predicted molar refractivity (Wildman–Crippen MR) is 86.6 cm³/mol. The maximum absolute atomic E-state index is 12.0. The van der Waals surface area contributed by atoms with E-state index >= 15 is 0 Å². The number of pyridine rings is 1. The molecule has 23 heavy (non-hydrogen) atoms. The number of hydrogen-bond acceptors (Lipinski definition) is 5. The Balaban J connectivity index is 1.94. The number of carbonyl (C=O) groups is 1. The molecule has 0 spiro atoms. The van der Waals surface area contributed by atoms with Gasteiger partial charge >= 0.3 is 0 Å². The predicted octanol–water partition coefficient (Wildman–Crippen LogP) is 1.80. The molecule has 0 bridgehead atoms. The third-order valence-corrected chi connectivity index (χ3v) is 4.47. The zero-order chi connectivity index (χ0) is 16.3. The van der Waals surface area contributed by atoms with Crippen molar-refractivity contribution in [1.29, 1.82) is 5.26 Å². The molecule has 0 aliphatic carbocycles. The van der Waals surface area contributed by atoms with Gasteiger partial charge in [-0.15, -0.1) is 0 Å². The molecule has 0 unspecified atom stereocenters. The van der Waals surface area contributed by atoms with E-state index in [4.69, 9.17) is 10.5 Å². The standard InChI is InChI=1S/C17H18N4O2/c18-9-12-10-20-14-4-2-1-3-13(14)15(12)21-11-17(16(19)22)5-7-23-8-6-17/h1-4,10H,5-8,11H2,(H2,19,22)(H,20,21). The summed E-state index contributed by atoms with van der Waals surface area (Å²) in [6, 6.07) is 9.74. The number of hydrogen-bond donors (Lipinski definition) is 2. The van der Waals surface area contributed by atoms with Gasteiger partial charge < -0.3 is 15.8 Å². The van der Waals surface area contributed by atoms with Gasteiger partial charge in [0.05, 0.1) is 22.2 Å². The van der Waals surface area contributed by atoms with E-state index in [-0.39, 0.29) is 5.91 Å².